The van der Waals surface area contributed by atoms with Gasteiger partial charge in [-0.25, -0.2) is 0 Å². The van der Waals surface area contributed by atoms with Crippen molar-refractivity contribution >= 4 is 35.7 Å². The first kappa shape index (κ1) is 17.7. The molecule has 6 nitrogen and oxygen atoms in total. The lowest BCUT2D eigenvalue weighted by Gasteiger charge is -2.37. The number of rotatable bonds is 3. The van der Waals surface area contributed by atoms with Crippen LogP contribution in [0.25, 0.3) is 6.08 Å². The summed E-state index contributed by atoms with van der Waals surface area (Å²) in [7, 11) is 0. The Morgan fingerprint density at radius 1 is 1.00 bits per heavy atom. The van der Waals surface area contributed by atoms with Gasteiger partial charge in [0.2, 0.25) is 0 Å². The van der Waals surface area contributed by atoms with Crippen molar-refractivity contribution < 1.29 is 14.3 Å². The number of benzene rings is 2. The van der Waals surface area contributed by atoms with Gasteiger partial charge in [-0.05, 0) is 72.7 Å². The average Bonchev–Trinajstić information content (AvgIpc) is 3.05. The van der Waals surface area contributed by atoms with E-state index in [1.165, 1.54) is 21.8 Å². The topological polar surface area (TPSA) is 62.2 Å². The normalized spacial score (nSPS) is 19.2. The van der Waals surface area contributed by atoms with E-state index in [4.69, 9.17) is 4.74 Å². The first-order chi connectivity index (χ1) is 14.2. The number of nitrogens with zero attached hydrogens (tertiary/aromatic N) is 3. The van der Waals surface area contributed by atoms with Crippen molar-refractivity contribution in [3.05, 3.63) is 64.7 Å². The predicted octanol–water partition coefficient (Wildman–Crippen LogP) is 3.30. The smallest absolute Gasteiger partial charge is 0.299 e. The molecule has 0 aliphatic carbocycles. The molecule has 0 fully saturated rings. The van der Waals surface area contributed by atoms with Crippen molar-refractivity contribution in [3.63, 3.8) is 0 Å². The molecule has 0 N–H and O–H groups in total. The van der Waals surface area contributed by atoms with Crippen LogP contribution in [0.5, 0.6) is 0 Å². The van der Waals surface area contributed by atoms with E-state index in [1.54, 1.807) is 18.2 Å². The molecule has 2 aromatic carbocycles. The molecule has 3 aliphatic rings. The number of carbonyl (C=O) groups is 2. The van der Waals surface area contributed by atoms with E-state index < -0.39 is 0 Å². The third kappa shape index (κ3) is 3.10. The standard InChI is InChI=1S/C23H21N3O3/c27-15-29-22-20(23(28)26(24-22)19-8-2-1-3-9-19)14-16-12-17-6-4-10-25-11-5-7-18(13-16)21(17)25/h1-3,8-9,12-15H,4-7,10-11H2. The second kappa shape index (κ2) is 7.20. The molecule has 5 rings (SSSR count). The number of hydrogen-bond donors (Lipinski definition) is 0. The molecule has 6 heteroatoms. The number of para-hydroxylation sites is 1. The van der Waals surface area contributed by atoms with Crippen LogP contribution in [0.2, 0.25) is 0 Å². The molecule has 2 aromatic rings. The number of anilines is 2. The van der Waals surface area contributed by atoms with Crippen LogP contribution >= 0.6 is 0 Å². The fourth-order valence-electron chi connectivity index (χ4n) is 4.48. The third-order valence-corrected chi connectivity index (χ3v) is 5.67. The molecule has 0 unspecified atom stereocenters. The molecule has 146 valence electrons. The van der Waals surface area contributed by atoms with Gasteiger partial charge in [0.25, 0.3) is 18.3 Å². The SMILES string of the molecule is O=COC1=NN(c2ccccc2)C(=O)C1=Cc1cc2c3c(c1)CCCN3CCC2. The van der Waals surface area contributed by atoms with Gasteiger partial charge in [-0.3, -0.25) is 9.59 Å². The van der Waals surface area contributed by atoms with E-state index in [0.717, 1.165) is 44.3 Å². The summed E-state index contributed by atoms with van der Waals surface area (Å²) in [6, 6.07) is 13.4. The summed E-state index contributed by atoms with van der Waals surface area (Å²) in [5.41, 5.74) is 5.91. The lowest BCUT2D eigenvalue weighted by molar-refractivity contribution is -0.121. The highest BCUT2D eigenvalue weighted by molar-refractivity contribution is 6.31. The molecule has 3 heterocycles. The third-order valence-electron chi connectivity index (χ3n) is 5.67. The van der Waals surface area contributed by atoms with Crippen molar-refractivity contribution in [2.45, 2.75) is 25.7 Å². The molecule has 0 saturated heterocycles. The van der Waals surface area contributed by atoms with Gasteiger partial charge in [-0.2, -0.15) is 5.01 Å². The van der Waals surface area contributed by atoms with Crippen LogP contribution in [-0.4, -0.2) is 31.4 Å². The predicted molar refractivity (Wildman–Crippen MR) is 112 cm³/mol. The zero-order chi connectivity index (χ0) is 19.8. The summed E-state index contributed by atoms with van der Waals surface area (Å²) in [4.78, 5) is 26.5. The quantitative estimate of drug-likeness (QED) is 0.599. The first-order valence-corrected chi connectivity index (χ1v) is 9.96. The highest BCUT2D eigenvalue weighted by Gasteiger charge is 2.33. The summed E-state index contributed by atoms with van der Waals surface area (Å²) in [6.45, 7) is 2.55. The van der Waals surface area contributed by atoms with Crippen LogP contribution in [0.4, 0.5) is 11.4 Å². The lowest BCUT2D eigenvalue weighted by Crippen LogP contribution is -2.34. The zero-order valence-corrected chi connectivity index (χ0v) is 16.0. The van der Waals surface area contributed by atoms with Gasteiger partial charge in [-0.1, -0.05) is 18.2 Å². The van der Waals surface area contributed by atoms with Gasteiger partial charge in [0, 0.05) is 18.8 Å². The number of hydrogen-bond acceptors (Lipinski definition) is 5. The Hall–Kier alpha value is -3.41. The number of carbonyl (C=O) groups excluding carboxylic acids is 2. The van der Waals surface area contributed by atoms with Gasteiger partial charge < -0.3 is 9.64 Å². The second-order valence-corrected chi connectivity index (χ2v) is 7.51. The van der Waals surface area contributed by atoms with Crippen molar-refractivity contribution in [2.24, 2.45) is 5.10 Å². The van der Waals surface area contributed by atoms with E-state index in [1.807, 2.05) is 18.2 Å². The van der Waals surface area contributed by atoms with Gasteiger partial charge in [-0.15, -0.1) is 5.10 Å². The Bertz CT molecular complexity index is 1010. The van der Waals surface area contributed by atoms with E-state index in [0.29, 0.717) is 12.2 Å². The van der Waals surface area contributed by atoms with E-state index in [9.17, 15) is 9.59 Å². The Morgan fingerprint density at radius 3 is 2.34 bits per heavy atom. The van der Waals surface area contributed by atoms with Gasteiger partial charge in [0.1, 0.15) is 5.57 Å². The zero-order valence-electron chi connectivity index (χ0n) is 16.0. The Labute approximate surface area is 169 Å². The minimum atomic E-state index is -0.305. The maximum atomic E-state index is 13.0. The Balaban J connectivity index is 1.55. The molecule has 29 heavy (non-hydrogen) atoms. The fourth-order valence-corrected chi connectivity index (χ4v) is 4.48. The first-order valence-electron chi connectivity index (χ1n) is 9.96. The van der Waals surface area contributed by atoms with Crippen molar-refractivity contribution in [2.75, 3.05) is 23.0 Å². The maximum absolute atomic E-state index is 13.0. The molecular formula is C23H21N3O3. The fraction of sp³-hybridized carbons (Fsp3) is 0.261. The summed E-state index contributed by atoms with van der Waals surface area (Å²) < 4.78 is 5.04. The van der Waals surface area contributed by atoms with Gasteiger partial charge in [0.05, 0.1) is 5.69 Å². The Kier molecular flexibility index (Phi) is 4.39. The molecule has 0 spiro atoms. The number of aryl methyl sites for hydroxylation is 2. The molecule has 0 atom stereocenters. The molecule has 3 aliphatic heterocycles. The molecule has 1 amide bonds. The lowest BCUT2D eigenvalue weighted by atomic mass is 9.89. The summed E-state index contributed by atoms with van der Waals surface area (Å²) >= 11 is 0. The molecule has 0 saturated carbocycles. The van der Waals surface area contributed by atoms with Crippen LogP contribution in [0.15, 0.2) is 53.1 Å². The highest BCUT2D eigenvalue weighted by atomic mass is 16.5. The summed E-state index contributed by atoms with van der Waals surface area (Å²) in [5.74, 6) is -0.275. The van der Waals surface area contributed by atoms with Crippen LogP contribution in [0.3, 0.4) is 0 Å². The van der Waals surface area contributed by atoms with E-state index in [2.05, 4.69) is 22.1 Å². The van der Waals surface area contributed by atoms with Crippen LogP contribution in [0.1, 0.15) is 29.5 Å². The van der Waals surface area contributed by atoms with Gasteiger partial charge in [0.15, 0.2) is 0 Å². The Morgan fingerprint density at radius 2 is 1.69 bits per heavy atom. The molecule has 0 aromatic heterocycles. The maximum Gasteiger partial charge on any atom is 0.299 e. The highest BCUT2D eigenvalue weighted by Crippen LogP contribution is 2.37. The second-order valence-electron chi connectivity index (χ2n) is 7.51. The van der Waals surface area contributed by atoms with Crippen molar-refractivity contribution in [1.82, 2.24) is 0 Å². The molecule has 0 radical (unpaired) electrons. The van der Waals surface area contributed by atoms with Crippen LogP contribution in [-0.2, 0) is 27.2 Å². The largest absolute Gasteiger partial charge is 0.407 e. The number of ether oxygens (including phenoxy) is 1. The van der Waals surface area contributed by atoms with E-state index >= 15 is 0 Å². The molecule has 0 bridgehead atoms. The summed E-state index contributed by atoms with van der Waals surface area (Å²) in [5, 5.41) is 5.50. The molecular weight excluding hydrogens is 366 g/mol. The van der Waals surface area contributed by atoms with Gasteiger partial charge >= 0.3 is 0 Å². The van der Waals surface area contributed by atoms with E-state index in [-0.39, 0.29) is 17.4 Å². The van der Waals surface area contributed by atoms with Crippen molar-refractivity contribution in [1.29, 1.82) is 0 Å². The number of amides is 1. The monoisotopic (exact) mass is 387 g/mol. The van der Waals surface area contributed by atoms with Crippen molar-refractivity contribution in [3.8, 4) is 0 Å². The number of hydrazone groups is 1. The average molecular weight is 387 g/mol. The minimum absolute atomic E-state index is 0.0295. The summed E-state index contributed by atoms with van der Waals surface area (Å²) in [6.07, 6.45) is 6.18. The van der Waals surface area contributed by atoms with Crippen LogP contribution < -0.4 is 9.91 Å². The van der Waals surface area contributed by atoms with Crippen LogP contribution in [0, 0.1) is 0 Å². The minimum Gasteiger partial charge on any atom is -0.407 e.